The minimum Gasteiger partial charge on any atom is -0.332 e. The number of nitro benzene ring substituents is 1. The van der Waals surface area contributed by atoms with Crippen molar-refractivity contribution in [3.63, 3.8) is 0 Å². The van der Waals surface area contributed by atoms with Crippen LogP contribution in [0.15, 0.2) is 24.3 Å². The van der Waals surface area contributed by atoms with Crippen LogP contribution in [0, 0.1) is 10.1 Å². The van der Waals surface area contributed by atoms with E-state index in [1.165, 1.54) is 18.2 Å². The average molecular weight is 253 g/mol. The van der Waals surface area contributed by atoms with E-state index < -0.39 is 4.92 Å². The number of non-ortho nitro benzene ring substituents is 1. The average Bonchev–Trinajstić information content (AvgIpc) is 2.28. The van der Waals surface area contributed by atoms with Crippen molar-refractivity contribution in [1.29, 1.82) is 0 Å². The SMILES string of the molecule is CCC(=O)NC(=S)Nc1cccc([N+](=O)[O-])c1. The maximum absolute atomic E-state index is 11.0. The summed E-state index contributed by atoms with van der Waals surface area (Å²) < 4.78 is 0. The molecule has 0 radical (unpaired) electrons. The van der Waals surface area contributed by atoms with E-state index in [1.807, 2.05) is 0 Å². The number of rotatable bonds is 3. The Hall–Kier alpha value is -2.02. The highest BCUT2D eigenvalue weighted by molar-refractivity contribution is 7.80. The van der Waals surface area contributed by atoms with Crippen LogP contribution in [0.4, 0.5) is 11.4 Å². The molecular formula is C10H11N3O3S. The Labute approximate surface area is 103 Å². The van der Waals surface area contributed by atoms with Gasteiger partial charge in [-0.1, -0.05) is 13.0 Å². The Morgan fingerprint density at radius 1 is 1.53 bits per heavy atom. The van der Waals surface area contributed by atoms with Crippen LogP contribution in [0.1, 0.15) is 13.3 Å². The highest BCUT2D eigenvalue weighted by atomic mass is 32.1. The van der Waals surface area contributed by atoms with Crippen molar-refractivity contribution in [1.82, 2.24) is 5.32 Å². The summed E-state index contributed by atoms with van der Waals surface area (Å²) in [5, 5.41) is 15.8. The minimum absolute atomic E-state index is 0.0420. The van der Waals surface area contributed by atoms with E-state index in [0.717, 1.165) is 0 Å². The molecule has 1 amide bonds. The standard InChI is InChI=1S/C10H11N3O3S/c1-2-9(14)12-10(17)11-7-4-3-5-8(6-7)13(15)16/h3-6H,2H2,1H3,(H2,11,12,14,17). The third-order valence-electron chi connectivity index (χ3n) is 1.89. The molecule has 1 aromatic carbocycles. The first kappa shape index (κ1) is 13.0. The molecule has 1 rings (SSSR count). The van der Waals surface area contributed by atoms with E-state index in [0.29, 0.717) is 12.1 Å². The van der Waals surface area contributed by atoms with Gasteiger partial charge >= 0.3 is 0 Å². The number of anilines is 1. The number of amides is 1. The van der Waals surface area contributed by atoms with Crippen LogP contribution in [0.3, 0.4) is 0 Å². The number of nitro groups is 1. The molecule has 2 N–H and O–H groups in total. The van der Waals surface area contributed by atoms with Crippen molar-refractivity contribution >= 4 is 34.6 Å². The molecule has 0 saturated carbocycles. The molecule has 0 heterocycles. The molecule has 0 aliphatic carbocycles. The van der Waals surface area contributed by atoms with Crippen LogP contribution in [-0.2, 0) is 4.79 Å². The molecule has 0 aromatic heterocycles. The fourth-order valence-corrected chi connectivity index (χ4v) is 1.31. The van der Waals surface area contributed by atoms with Crippen molar-refractivity contribution in [2.24, 2.45) is 0 Å². The molecule has 0 bridgehead atoms. The fraction of sp³-hybridized carbons (Fsp3) is 0.200. The normalized spacial score (nSPS) is 9.47. The van der Waals surface area contributed by atoms with Crippen LogP contribution in [-0.4, -0.2) is 15.9 Å². The molecule has 0 spiro atoms. The summed E-state index contributed by atoms with van der Waals surface area (Å²) in [5.41, 5.74) is 0.417. The van der Waals surface area contributed by atoms with Gasteiger partial charge in [-0.25, -0.2) is 0 Å². The van der Waals surface area contributed by atoms with Crippen molar-refractivity contribution in [2.75, 3.05) is 5.32 Å². The summed E-state index contributed by atoms with van der Waals surface area (Å²) in [6.07, 6.45) is 0.316. The zero-order valence-electron chi connectivity index (χ0n) is 9.10. The lowest BCUT2D eigenvalue weighted by atomic mass is 10.3. The molecule has 7 heteroatoms. The highest BCUT2D eigenvalue weighted by Crippen LogP contribution is 2.16. The van der Waals surface area contributed by atoms with Crippen molar-refractivity contribution in [3.05, 3.63) is 34.4 Å². The van der Waals surface area contributed by atoms with Gasteiger partial charge in [-0.2, -0.15) is 0 Å². The first-order chi connectivity index (χ1) is 8.02. The van der Waals surface area contributed by atoms with Crippen molar-refractivity contribution in [2.45, 2.75) is 13.3 Å². The number of thiocarbonyl (C=S) groups is 1. The summed E-state index contributed by atoms with van der Waals surface area (Å²) in [5.74, 6) is -0.215. The van der Waals surface area contributed by atoms with Gasteiger partial charge in [-0.15, -0.1) is 0 Å². The maximum Gasteiger partial charge on any atom is 0.271 e. The lowest BCUT2D eigenvalue weighted by Crippen LogP contribution is -2.33. The summed E-state index contributed by atoms with van der Waals surface area (Å²) in [4.78, 5) is 21.1. The van der Waals surface area contributed by atoms with Gasteiger partial charge in [0.15, 0.2) is 5.11 Å². The lowest BCUT2D eigenvalue weighted by molar-refractivity contribution is -0.384. The second-order valence-electron chi connectivity index (χ2n) is 3.16. The smallest absolute Gasteiger partial charge is 0.271 e. The van der Waals surface area contributed by atoms with E-state index in [1.54, 1.807) is 13.0 Å². The number of nitrogens with one attached hydrogen (secondary N) is 2. The number of carbonyl (C=O) groups is 1. The molecule has 6 nitrogen and oxygen atoms in total. The predicted octanol–water partition coefficient (Wildman–Crippen LogP) is 1.82. The van der Waals surface area contributed by atoms with E-state index in [2.05, 4.69) is 10.6 Å². The quantitative estimate of drug-likeness (QED) is 0.487. The monoisotopic (exact) mass is 253 g/mol. The van der Waals surface area contributed by atoms with E-state index in [4.69, 9.17) is 12.2 Å². The summed E-state index contributed by atoms with van der Waals surface area (Å²) in [6, 6.07) is 5.87. The second-order valence-corrected chi connectivity index (χ2v) is 3.57. The molecule has 0 atom stereocenters. The van der Waals surface area contributed by atoms with Gasteiger partial charge in [0.2, 0.25) is 5.91 Å². The fourth-order valence-electron chi connectivity index (χ4n) is 1.07. The topological polar surface area (TPSA) is 84.3 Å². The predicted molar refractivity (Wildman–Crippen MR) is 67.8 cm³/mol. The largest absolute Gasteiger partial charge is 0.332 e. The van der Waals surface area contributed by atoms with Gasteiger partial charge in [-0.05, 0) is 18.3 Å². The first-order valence-electron chi connectivity index (χ1n) is 4.88. The van der Waals surface area contributed by atoms with Crippen molar-refractivity contribution < 1.29 is 9.72 Å². The lowest BCUT2D eigenvalue weighted by Gasteiger charge is -2.08. The Bertz CT molecular complexity index is 462. The van der Waals surface area contributed by atoms with Gasteiger partial charge in [-0.3, -0.25) is 14.9 Å². The summed E-state index contributed by atoms with van der Waals surface area (Å²) >= 11 is 4.87. The second kappa shape index (κ2) is 5.90. The number of carbonyl (C=O) groups excluding carboxylic acids is 1. The van der Waals surface area contributed by atoms with E-state index in [-0.39, 0.29) is 16.7 Å². The molecule has 1 aromatic rings. The highest BCUT2D eigenvalue weighted by Gasteiger charge is 2.07. The van der Waals surface area contributed by atoms with Crippen LogP contribution in [0.25, 0.3) is 0 Å². The van der Waals surface area contributed by atoms with Crippen LogP contribution < -0.4 is 10.6 Å². The van der Waals surface area contributed by atoms with Crippen LogP contribution in [0.2, 0.25) is 0 Å². The zero-order valence-corrected chi connectivity index (χ0v) is 9.91. The number of benzene rings is 1. The Morgan fingerprint density at radius 3 is 2.82 bits per heavy atom. The third kappa shape index (κ3) is 4.15. The third-order valence-corrected chi connectivity index (χ3v) is 2.09. The number of nitrogens with zero attached hydrogens (tertiary/aromatic N) is 1. The van der Waals surface area contributed by atoms with Gasteiger partial charge in [0.05, 0.1) is 4.92 Å². The van der Waals surface area contributed by atoms with Gasteiger partial charge < -0.3 is 10.6 Å². The van der Waals surface area contributed by atoms with Gasteiger partial charge in [0, 0.05) is 24.2 Å². The molecule has 17 heavy (non-hydrogen) atoms. The van der Waals surface area contributed by atoms with Crippen LogP contribution in [0.5, 0.6) is 0 Å². The maximum atomic E-state index is 11.0. The molecule has 0 fully saturated rings. The molecular weight excluding hydrogens is 242 g/mol. The summed E-state index contributed by atoms with van der Waals surface area (Å²) in [7, 11) is 0. The summed E-state index contributed by atoms with van der Waals surface area (Å²) in [6.45, 7) is 1.70. The molecule has 0 unspecified atom stereocenters. The Balaban J connectivity index is 2.68. The molecule has 0 saturated heterocycles. The van der Waals surface area contributed by atoms with Gasteiger partial charge in [0.1, 0.15) is 0 Å². The Kier molecular flexibility index (Phi) is 4.53. The molecule has 90 valence electrons. The Morgan fingerprint density at radius 2 is 2.24 bits per heavy atom. The number of hydrogen-bond acceptors (Lipinski definition) is 4. The number of hydrogen-bond donors (Lipinski definition) is 2. The van der Waals surface area contributed by atoms with E-state index >= 15 is 0 Å². The van der Waals surface area contributed by atoms with Gasteiger partial charge in [0.25, 0.3) is 5.69 Å². The minimum atomic E-state index is -0.501. The molecule has 0 aliphatic heterocycles. The molecule has 0 aliphatic rings. The van der Waals surface area contributed by atoms with Crippen LogP contribution >= 0.6 is 12.2 Å². The van der Waals surface area contributed by atoms with E-state index in [9.17, 15) is 14.9 Å². The zero-order chi connectivity index (χ0) is 12.8. The first-order valence-corrected chi connectivity index (χ1v) is 5.29. The van der Waals surface area contributed by atoms with Crippen molar-refractivity contribution in [3.8, 4) is 0 Å².